The van der Waals surface area contributed by atoms with Gasteiger partial charge < -0.3 is 15.2 Å². The van der Waals surface area contributed by atoms with Crippen LogP contribution >= 0.6 is 11.8 Å². The maximum absolute atomic E-state index is 12.1. The summed E-state index contributed by atoms with van der Waals surface area (Å²) in [5.41, 5.74) is 3.18. The van der Waals surface area contributed by atoms with Gasteiger partial charge in [-0.25, -0.2) is 4.98 Å². The van der Waals surface area contributed by atoms with Gasteiger partial charge in [0.1, 0.15) is 0 Å². The molecule has 20 heavy (non-hydrogen) atoms. The summed E-state index contributed by atoms with van der Waals surface area (Å²) >= 11 is 1.48. The number of fused-ring (bicyclic) bond motifs is 1. The van der Waals surface area contributed by atoms with Gasteiger partial charge in [-0.1, -0.05) is 17.8 Å². The van der Waals surface area contributed by atoms with Crippen LogP contribution in [0.3, 0.4) is 0 Å². The number of benzene rings is 1. The molecule has 2 heterocycles. The van der Waals surface area contributed by atoms with Crippen molar-refractivity contribution in [3.8, 4) is 0 Å². The second-order valence-electron chi connectivity index (χ2n) is 4.98. The number of aryl methyl sites for hydroxylation is 1. The molecule has 1 amide bonds. The fraction of sp³-hybridized carbons (Fsp3) is 0.429. The molecule has 0 atom stereocenters. The number of imidazole rings is 1. The average Bonchev–Trinajstić information content (AvgIpc) is 2.87. The number of rotatable bonds is 3. The van der Waals surface area contributed by atoms with Crippen molar-refractivity contribution in [1.29, 1.82) is 0 Å². The van der Waals surface area contributed by atoms with Gasteiger partial charge in [-0.3, -0.25) is 4.79 Å². The van der Waals surface area contributed by atoms with Crippen LogP contribution in [0.15, 0.2) is 23.4 Å². The van der Waals surface area contributed by atoms with E-state index in [1.165, 1.54) is 17.3 Å². The fourth-order valence-corrected chi connectivity index (χ4v) is 3.09. The quantitative estimate of drug-likeness (QED) is 0.839. The molecule has 0 spiro atoms. The number of nitrogens with zero attached hydrogens (tertiary/aromatic N) is 2. The molecule has 1 aliphatic rings. The van der Waals surface area contributed by atoms with Crippen LogP contribution in [0.4, 0.5) is 0 Å². The van der Waals surface area contributed by atoms with Crippen molar-refractivity contribution >= 4 is 28.7 Å². The average molecular weight is 290 g/mol. The zero-order valence-electron chi connectivity index (χ0n) is 11.5. The first-order valence-electron chi connectivity index (χ1n) is 6.80. The lowest BCUT2D eigenvalue weighted by molar-refractivity contribution is -0.128. The molecule has 6 heteroatoms. The number of piperazine rings is 1. The zero-order chi connectivity index (χ0) is 13.9. The van der Waals surface area contributed by atoms with Gasteiger partial charge in [-0.05, 0) is 24.6 Å². The van der Waals surface area contributed by atoms with E-state index in [9.17, 15) is 4.79 Å². The molecule has 1 fully saturated rings. The highest BCUT2D eigenvalue weighted by atomic mass is 32.2. The monoisotopic (exact) mass is 290 g/mol. The third-order valence-electron chi connectivity index (χ3n) is 3.42. The highest BCUT2D eigenvalue weighted by molar-refractivity contribution is 7.99. The number of H-pyrrole nitrogens is 1. The molecule has 0 radical (unpaired) electrons. The Bertz CT molecular complexity index is 619. The number of amides is 1. The van der Waals surface area contributed by atoms with Crippen molar-refractivity contribution in [3.63, 3.8) is 0 Å². The van der Waals surface area contributed by atoms with Crippen LogP contribution in [0.1, 0.15) is 5.56 Å². The Balaban J connectivity index is 1.63. The topological polar surface area (TPSA) is 61.0 Å². The molecule has 0 aliphatic carbocycles. The Labute approximate surface area is 122 Å². The van der Waals surface area contributed by atoms with E-state index in [1.807, 2.05) is 17.0 Å². The lowest BCUT2D eigenvalue weighted by atomic mass is 10.2. The SMILES string of the molecule is Cc1ccc2nc(SCC(=O)N3CCNCC3)[nH]c2c1. The van der Waals surface area contributed by atoms with Crippen LogP contribution in [-0.2, 0) is 4.79 Å². The molecule has 1 saturated heterocycles. The van der Waals surface area contributed by atoms with E-state index in [1.54, 1.807) is 0 Å². The Kier molecular flexibility index (Phi) is 3.93. The molecule has 1 aromatic carbocycles. The number of aromatic amines is 1. The Morgan fingerprint density at radius 2 is 2.20 bits per heavy atom. The molecular formula is C14H18N4OS. The van der Waals surface area contributed by atoms with Crippen LogP contribution in [0.5, 0.6) is 0 Å². The first-order chi connectivity index (χ1) is 9.72. The number of carbonyl (C=O) groups excluding carboxylic acids is 1. The van der Waals surface area contributed by atoms with Gasteiger partial charge in [0.25, 0.3) is 0 Å². The van der Waals surface area contributed by atoms with E-state index in [4.69, 9.17) is 0 Å². The van der Waals surface area contributed by atoms with Crippen molar-refractivity contribution in [1.82, 2.24) is 20.2 Å². The highest BCUT2D eigenvalue weighted by Gasteiger charge is 2.16. The summed E-state index contributed by atoms with van der Waals surface area (Å²) in [6.45, 7) is 5.44. The predicted octanol–water partition coefficient (Wildman–Crippen LogP) is 1.40. The lowest BCUT2D eigenvalue weighted by Crippen LogP contribution is -2.47. The molecule has 5 nitrogen and oxygen atoms in total. The second-order valence-corrected chi connectivity index (χ2v) is 5.95. The molecule has 0 saturated carbocycles. The van der Waals surface area contributed by atoms with Gasteiger partial charge in [0.2, 0.25) is 5.91 Å². The number of hydrogen-bond acceptors (Lipinski definition) is 4. The normalized spacial score (nSPS) is 15.8. The molecule has 106 valence electrons. The van der Waals surface area contributed by atoms with E-state index < -0.39 is 0 Å². The summed E-state index contributed by atoms with van der Waals surface area (Å²) in [4.78, 5) is 21.7. The van der Waals surface area contributed by atoms with Gasteiger partial charge in [0.05, 0.1) is 16.8 Å². The van der Waals surface area contributed by atoms with Crippen LogP contribution < -0.4 is 5.32 Å². The van der Waals surface area contributed by atoms with Gasteiger partial charge >= 0.3 is 0 Å². The van der Waals surface area contributed by atoms with Crippen molar-refractivity contribution in [2.45, 2.75) is 12.1 Å². The minimum Gasteiger partial charge on any atom is -0.339 e. The van der Waals surface area contributed by atoms with Gasteiger partial charge in [-0.15, -0.1) is 0 Å². The first-order valence-corrected chi connectivity index (χ1v) is 7.78. The van der Waals surface area contributed by atoms with E-state index in [0.717, 1.165) is 42.4 Å². The summed E-state index contributed by atoms with van der Waals surface area (Å²) in [6.07, 6.45) is 0. The molecular weight excluding hydrogens is 272 g/mol. The number of hydrogen-bond donors (Lipinski definition) is 2. The standard InChI is InChI=1S/C14H18N4OS/c1-10-2-3-11-12(8-10)17-14(16-11)20-9-13(19)18-6-4-15-5-7-18/h2-3,8,15H,4-7,9H2,1H3,(H,16,17). The van der Waals surface area contributed by atoms with Crippen LogP contribution in [-0.4, -0.2) is 52.7 Å². The fourth-order valence-electron chi connectivity index (χ4n) is 2.30. The third-order valence-corrected chi connectivity index (χ3v) is 4.28. The smallest absolute Gasteiger partial charge is 0.233 e. The maximum atomic E-state index is 12.1. The van der Waals surface area contributed by atoms with Gasteiger partial charge in [0.15, 0.2) is 5.16 Å². The van der Waals surface area contributed by atoms with Crippen molar-refractivity contribution in [2.75, 3.05) is 31.9 Å². The van der Waals surface area contributed by atoms with Crippen molar-refractivity contribution < 1.29 is 4.79 Å². The lowest BCUT2D eigenvalue weighted by Gasteiger charge is -2.27. The minimum absolute atomic E-state index is 0.188. The summed E-state index contributed by atoms with van der Waals surface area (Å²) < 4.78 is 0. The van der Waals surface area contributed by atoms with E-state index >= 15 is 0 Å². The van der Waals surface area contributed by atoms with Gasteiger partial charge in [-0.2, -0.15) is 0 Å². The van der Waals surface area contributed by atoms with E-state index in [0.29, 0.717) is 5.75 Å². The summed E-state index contributed by atoms with van der Waals surface area (Å²) in [5.74, 6) is 0.631. The number of thioether (sulfide) groups is 1. The number of nitrogens with one attached hydrogen (secondary N) is 2. The molecule has 1 aromatic heterocycles. The highest BCUT2D eigenvalue weighted by Crippen LogP contribution is 2.20. The summed E-state index contributed by atoms with van der Waals surface area (Å²) in [5, 5.41) is 4.06. The molecule has 1 aliphatic heterocycles. The van der Waals surface area contributed by atoms with Gasteiger partial charge in [0, 0.05) is 26.2 Å². The van der Waals surface area contributed by atoms with E-state index in [2.05, 4.69) is 28.3 Å². The second kappa shape index (κ2) is 5.85. The summed E-state index contributed by atoms with van der Waals surface area (Å²) in [7, 11) is 0. The molecule has 0 bridgehead atoms. The largest absolute Gasteiger partial charge is 0.339 e. The van der Waals surface area contributed by atoms with Crippen LogP contribution in [0, 0.1) is 6.92 Å². The Morgan fingerprint density at radius 3 is 3.00 bits per heavy atom. The summed E-state index contributed by atoms with van der Waals surface area (Å²) in [6, 6.07) is 6.12. The Morgan fingerprint density at radius 1 is 1.40 bits per heavy atom. The van der Waals surface area contributed by atoms with Crippen LogP contribution in [0.2, 0.25) is 0 Å². The molecule has 2 aromatic rings. The first kappa shape index (κ1) is 13.5. The van der Waals surface area contributed by atoms with Crippen molar-refractivity contribution in [3.05, 3.63) is 23.8 Å². The number of aromatic nitrogens is 2. The third kappa shape index (κ3) is 2.96. The molecule has 3 rings (SSSR count). The van der Waals surface area contributed by atoms with Crippen LogP contribution in [0.25, 0.3) is 11.0 Å². The number of carbonyl (C=O) groups is 1. The van der Waals surface area contributed by atoms with E-state index in [-0.39, 0.29) is 5.91 Å². The predicted molar refractivity (Wildman–Crippen MR) is 81.0 cm³/mol. The zero-order valence-corrected chi connectivity index (χ0v) is 12.3. The maximum Gasteiger partial charge on any atom is 0.233 e. The molecule has 0 unspecified atom stereocenters. The molecule has 2 N–H and O–H groups in total. The Hall–Kier alpha value is -1.53. The van der Waals surface area contributed by atoms with Crippen molar-refractivity contribution in [2.24, 2.45) is 0 Å². The minimum atomic E-state index is 0.188.